The molecule has 7 heteroatoms. The number of aryl methyl sites for hydroxylation is 1. The van der Waals surface area contributed by atoms with Crippen molar-refractivity contribution in [2.75, 3.05) is 11.4 Å². The summed E-state index contributed by atoms with van der Waals surface area (Å²) in [4.78, 5) is 39.5. The maximum atomic E-state index is 12.9. The van der Waals surface area contributed by atoms with Gasteiger partial charge in [-0.15, -0.1) is 0 Å². The van der Waals surface area contributed by atoms with Crippen LogP contribution in [-0.4, -0.2) is 36.5 Å². The Hall–Kier alpha value is -3.09. The minimum Gasteiger partial charge on any atom is -0.459 e. The smallest absolute Gasteiger partial charge is 0.329 e. The SMILES string of the molecule is CC(OC(=O)C(NC(=O)c1ccco1)C(C)C)C(=O)N1CCCc2ccccc21. The van der Waals surface area contributed by atoms with Crippen LogP contribution in [0.2, 0.25) is 0 Å². The van der Waals surface area contributed by atoms with E-state index in [0.29, 0.717) is 6.54 Å². The zero-order chi connectivity index (χ0) is 21.0. The lowest BCUT2D eigenvalue weighted by Crippen LogP contribution is -2.48. The van der Waals surface area contributed by atoms with Gasteiger partial charge in [-0.25, -0.2) is 4.79 Å². The fraction of sp³-hybridized carbons (Fsp3) is 0.409. The summed E-state index contributed by atoms with van der Waals surface area (Å²) in [6, 6.07) is 9.96. The topological polar surface area (TPSA) is 88.8 Å². The van der Waals surface area contributed by atoms with Crippen LogP contribution in [0.15, 0.2) is 47.1 Å². The molecule has 1 aliphatic rings. The number of amides is 2. The van der Waals surface area contributed by atoms with E-state index < -0.39 is 24.0 Å². The quantitative estimate of drug-likeness (QED) is 0.756. The maximum absolute atomic E-state index is 12.9. The van der Waals surface area contributed by atoms with Gasteiger partial charge in [0.1, 0.15) is 6.04 Å². The van der Waals surface area contributed by atoms with E-state index in [2.05, 4.69) is 5.32 Å². The van der Waals surface area contributed by atoms with E-state index in [4.69, 9.17) is 9.15 Å². The molecule has 3 rings (SSSR count). The van der Waals surface area contributed by atoms with E-state index in [1.54, 1.807) is 31.7 Å². The molecule has 2 amide bonds. The van der Waals surface area contributed by atoms with Gasteiger partial charge in [-0.1, -0.05) is 32.0 Å². The standard InChI is InChI=1S/C22H26N2O5/c1-14(2)19(23-20(25)18-11-7-13-28-18)22(27)29-15(3)21(26)24-12-6-9-16-8-4-5-10-17(16)24/h4-5,7-8,10-11,13-15,19H,6,9,12H2,1-3H3,(H,23,25). The second kappa shape index (κ2) is 8.94. The van der Waals surface area contributed by atoms with E-state index in [1.165, 1.54) is 12.3 Å². The van der Waals surface area contributed by atoms with Crippen LogP contribution >= 0.6 is 0 Å². The molecule has 0 fully saturated rings. The summed E-state index contributed by atoms with van der Waals surface area (Å²) in [6.07, 6.45) is 2.20. The number of para-hydroxylation sites is 1. The Morgan fingerprint density at radius 2 is 1.86 bits per heavy atom. The average molecular weight is 398 g/mol. The molecule has 0 radical (unpaired) electrons. The molecule has 0 saturated carbocycles. The molecular weight excluding hydrogens is 372 g/mol. The van der Waals surface area contributed by atoms with Crippen LogP contribution in [0.3, 0.4) is 0 Å². The van der Waals surface area contributed by atoms with Crippen molar-refractivity contribution in [1.82, 2.24) is 5.32 Å². The first-order valence-corrected chi connectivity index (χ1v) is 9.82. The second-order valence-corrected chi connectivity index (χ2v) is 7.47. The summed E-state index contributed by atoms with van der Waals surface area (Å²) in [5, 5.41) is 2.63. The Morgan fingerprint density at radius 3 is 2.55 bits per heavy atom. The first-order valence-electron chi connectivity index (χ1n) is 9.82. The molecule has 1 aromatic heterocycles. The van der Waals surface area contributed by atoms with Gasteiger partial charge < -0.3 is 19.4 Å². The highest BCUT2D eigenvalue weighted by atomic mass is 16.5. The van der Waals surface area contributed by atoms with Crippen molar-refractivity contribution >= 4 is 23.5 Å². The molecular formula is C22H26N2O5. The molecule has 1 N–H and O–H groups in total. The lowest BCUT2D eigenvalue weighted by Gasteiger charge is -2.31. The molecule has 2 unspecified atom stereocenters. The number of anilines is 1. The van der Waals surface area contributed by atoms with Crippen LogP contribution in [-0.2, 0) is 20.7 Å². The van der Waals surface area contributed by atoms with Gasteiger partial charge in [0.2, 0.25) is 0 Å². The maximum Gasteiger partial charge on any atom is 0.329 e. The largest absolute Gasteiger partial charge is 0.459 e. The Labute approximate surface area is 170 Å². The predicted octanol–water partition coefficient (Wildman–Crippen LogP) is 2.95. The number of rotatable bonds is 6. The normalized spacial score (nSPS) is 15.4. The van der Waals surface area contributed by atoms with Crippen LogP contribution in [0.4, 0.5) is 5.69 Å². The van der Waals surface area contributed by atoms with Gasteiger partial charge in [0.05, 0.1) is 6.26 Å². The first kappa shape index (κ1) is 20.6. The van der Waals surface area contributed by atoms with E-state index in [1.807, 2.05) is 24.3 Å². The summed E-state index contributed by atoms with van der Waals surface area (Å²) in [5.74, 6) is -1.54. The summed E-state index contributed by atoms with van der Waals surface area (Å²) in [6.45, 7) is 5.73. The summed E-state index contributed by atoms with van der Waals surface area (Å²) < 4.78 is 10.5. The van der Waals surface area contributed by atoms with Gasteiger partial charge in [0.15, 0.2) is 11.9 Å². The fourth-order valence-electron chi connectivity index (χ4n) is 3.40. The van der Waals surface area contributed by atoms with Gasteiger partial charge in [0.25, 0.3) is 11.8 Å². The van der Waals surface area contributed by atoms with Crippen molar-refractivity contribution < 1.29 is 23.5 Å². The van der Waals surface area contributed by atoms with E-state index >= 15 is 0 Å². The molecule has 0 aliphatic carbocycles. The Bertz CT molecular complexity index is 875. The zero-order valence-electron chi connectivity index (χ0n) is 16.9. The highest BCUT2D eigenvalue weighted by molar-refractivity contribution is 5.99. The molecule has 0 spiro atoms. The first-order chi connectivity index (χ1) is 13.9. The number of esters is 1. The summed E-state index contributed by atoms with van der Waals surface area (Å²) >= 11 is 0. The van der Waals surface area contributed by atoms with Gasteiger partial charge in [-0.3, -0.25) is 9.59 Å². The molecule has 2 atom stereocenters. The molecule has 1 aliphatic heterocycles. The number of nitrogens with zero attached hydrogens (tertiary/aromatic N) is 1. The van der Waals surface area contributed by atoms with Crippen molar-refractivity contribution in [3.8, 4) is 0 Å². The molecule has 2 heterocycles. The Morgan fingerprint density at radius 1 is 1.10 bits per heavy atom. The van der Waals surface area contributed by atoms with Crippen LogP contribution in [0, 0.1) is 5.92 Å². The number of benzene rings is 1. The van der Waals surface area contributed by atoms with E-state index in [0.717, 1.165) is 24.1 Å². The lowest BCUT2D eigenvalue weighted by molar-refractivity contribution is -0.156. The monoisotopic (exact) mass is 398 g/mol. The van der Waals surface area contributed by atoms with E-state index in [9.17, 15) is 14.4 Å². The predicted molar refractivity (Wildman–Crippen MR) is 107 cm³/mol. The van der Waals surface area contributed by atoms with Gasteiger partial charge >= 0.3 is 5.97 Å². The fourth-order valence-corrected chi connectivity index (χ4v) is 3.40. The van der Waals surface area contributed by atoms with Gasteiger partial charge in [-0.2, -0.15) is 0 Å². The number of furan rings is 1. The van der Waals surface area contributed by atoms with Crippen molar-refractivity contribution in [3.63, 3.8) is 0 Å². The number of carbonyl (C=O) groups is 3. The van der Waals surface area contributed by atoms with Crippen molar-refractivity contribution in [1.29, 1.82) is 0 Å². The third-order valence-corrected chi connectivity index (χ3v) is 4.97. The Kier molecular flexibility index (Phi) is 6.36. The third-order valence-electron chi connectivity index (χ3n) is 4.97. The lowest BCUT2D eigenvalue weighted by atomic mass is 10.0. The van der Waals surface area contributed by atoms with Crippen LogP contribution in [0.1, 0.15) is 43.3 Å². The minimum absolute atomic E-state index is 0.109. The zero-order valence-corrected chi connectivity index (χ0v) is 16.9. The number of carbonyl (C=O) groups excluding carboxylic acids is 3. The molecule has 1 aromatic carbocycles. The molecule has 0 saturated heterocycles. The molecule has 2 aromatic rings. The van der Waals surface area contributed by atoms with Crippen molar-refractivity contribution in [3.05, 3.63) is 54.0 Å². The van der Waals surface area contributed by atoms with Crippen LogP contribution in [0.5, 0.6) is 0 Å². The van der Waals surface area contributed by atoms with Gasteiger partial charge in [0, 0.05) is 12.2 Å². The highest BCUT2D eigenvalue weighted by Gasteiger charge is 2.32. The van der Waals surface area contributed by atoms with Crippen LogP contribution < -0.4 is 10.2 Å². The number of nitrogens with one attached hydrogen (secondary N) is 1. The highest BCUT2D eigenvalue weighted by Crippen LogP contribution is 2.27. The molecule has 154 valence electrons. The molecule has 0 bridgehead atoms. The van der Waals surface area contributed by atoms with Crippen LogP contribution in [0.25, 0.3) is 0 Å². The number of fused-ring (bicyclic) bond motifs is 1. The number of hydrogen-bond acceptors (Lipinski definition) is 5. The third kappa shape index (κ3) is 4.67. The van der Waals surface area contributed by atoms with E-state index in [-0.39, 0.29) is 17.6 Å². The number of ether oxygens (including phenoxy) is 1. The second-order valence-electron chi connectivity index (χ2n) is 7.47. The summed E-state index contributed by atoms with van der Waals surface area (Å²) in [5.41, 5.74) is 1.97. The molecule has 7 nitrogen and oxygen atoms in total. The van der Waals surface area contributed by atoms with Crippen molar-refractivity contribution in [2.24, 2.45) is 5.92 Å². The van der Waals surface area contributed by atoms with Gasteiger partial charge in [-0.05, 0) is 49.4 Å². The molecule has 29 heavy (non-hydrogen) atoms. The average Bonchev–Trinajstić information content (AvgIpc) is 3.25. The minimum atomic E-state index is -0.963. The Balaban J connectivity index is 1.67. The van der Waals surface area contributed by atoms with Crippen molar-refractivity contribution in [2.45, 2.75) is 45.8 Å². The summed E-state index contributed by atoms with van der Waals surface area (Å²) in [7, 11) is 0. The number of hydrogen-bond donors (Lipinski definition) is 1.